The van der Waals surface area contributed by atoms with E-state index in [1.165, 1.54) is 19.2 Å². The summed E-state index contributed by atoms with van der Waals surface area (Å²) in [6, 6.07) is 35.3. The Balaban J connectivity index is 1.42. The molecule has 0 unspecified atom stereocenters. The van der Waals surface area contributed by atoms with Gasteiger partial charge in [-0.2, -0.15) is 10.7 Å². The zero-order chi connectivity index (χ0) is 42.4. The van der Waals surface area contributed by atoms with Gasteiger partial charge in [-0.3, -0.25) is 5.32 Å². The molecule has 2 N–H and O–H groups in total. The first-order valence-corrected chi connectivity index (χ1v) is 22.7. The summed E-state index contributed by atoms with van der Waals surface area (Å²) >= 11 is 0. The van der Waals surface area contributed by atoms with E-state index in [0.717, 1.165) is 11.1 Å². The molecule has 0 spiro atoms. The quantitative estimate of drug-likeness (QED) is 0.0573. The smallest absolute Gasteiger partial charge is 0.408 e. The number of nitrogens with one attached hydrogen (secondary N) is 2. The summed E-state index contributed by atoms with van der Waals surface area (Å²) < 4.78 is 73.1. The van der Waals surface area contributed by atoms with Gasteiger partial charge < -0.3 is 28.0 Å². The number of nitriles is 1. The fourth-order valence-corrected chi connectivity index (χ4v) is 10.3. The molecule has 320 valence electrons. The minimum atomic E-state index is -4.57. The Morgan fingerprint density at radius 2 is 1.47 bits per heavy atom. The Labute approximate surface area is 354 Å². The van der Waals surface area contributed by atoms with Crippen molar-refractivity contribution in [2.24, 2.45) is 11.3 Å². The fourth-order valence-electron chi connectivity index (χ4n) is 7.40. The summed E-state index contributed by atoms with van der Waals surface area (Å²) in [4.78, 5) is 12.2. The predicted octanol–water partition coefficient (Wildman–Crippen LogP) is 8.56. The molecule has 4 aromatic rings. The van der Waals surface area contributed by atoms with E-state index in [1.54, 1.807) is 12.1 Å². The van der Waals surface area contributed by atoms with Crippen molar-refractivity contribution in [3.63, 3.8) is 0 Å². The highest BCUT2D eigenvalue weighted by Gasteiger charge is 2.54. The number of methoxy groups -OCH3 is 1. The third-order valence-corrected chi connectivity index (χ3v) is 14.2. The van der Waals surface area contributed by atoms with Crippen LogP contribution in [0.4, 0.5) is 4.79 Å². The average Bonchev–Trinajstić information content (AvgIpc) is 3.89. The van der Waals surface area contributed by atoms with Crippen molar-refractivity contribution in [2.45, 2.75) is 93.8 Å². The Morgan fingerprint density at radius 1 is 0.867 bits per heavy atom. The van der Waals surface area contributed by atoms with Gasteiger partial charge in [-0.05, 0) is 72.1 Å². The lowest BCUT2D eigenvalue weighted by Crippen LogP contribution is -2.67. The first-order valence-electron chi connectivity index (χ1n) is 20.1. The number of sulfone groups is 1. The van der Waals surface area contributed by atoms with Crippen LogP contribution >= 0.6 is 8.60 Å². The minimum Gasteiger partial charge on any atom is -0.497 e. The van der Waals surface area contributed by atoms with E-state index in [-0.39, 0.29) is 43.5 Å². The van der Waals surface area contributed by atoms with Gasteiger partial charge in [0.05, 0.1) is 56.5 Å². The predicted molar refractivity (Wildman–Crippen MR) is 226 cm³/mol. The second-order valence-corrected chi connectivity index (χ2v) is 19.0. The lowest BCUT2D eigenvalue weighted by Gasteiger charge is -2.42. The molecule has 4 aromatic carbocycles. The van der Waals surface area contributed by atoms with Gasteiger partial charge in [-0.25, -0.2) is 17.8 Å². The highest BCUT2D eigenvalue weighted by molar-refractivity contribution is 7.93. The average molecular weight is 860 g/mol. The standard InChI is InChI=1S/C45H54N3O10PS/c1-44(2,26-13-28-46)27-24-41(48-58-59(55-31-35-16-9-5-10-17-35)56-32-36-18-11-6-12-19-36)45(30-34-14-7-4-8-15-34,60(50,51)38-22-20-37(52-3)21-23-38)47-43(49)57-40-33-54-42-39(40)25-29-53-42/h4-12,14-23,39-42,48H,13,24-27,29-33H2,1-3H3,(H,47,49)/t39-,40-,41+,42+,45-/m0/s1. The number of hydrogen-bond acceptors (Lipinski definition) is 12. The number of benzene rings is 4. The number of carbonyl (C=O) groups is 1. The topological polar surface area (TPSA) is 164 Å². The molecule has 1 amide bonds. The molecular formula is C45H54N3O10PS. The lowest BCUT2D eigenvalue weighted by molar-refractivity contribution is -0.0907. The van der Waals surface area contributed by atoms with Crippen LogP contribution in [0.5, 0.6) is 5.75 Å². The molecule has 2 fully saturated rings. The summed E-state index contributed by atoms with van der Waals surface area (Å²) in [6.45, 7) is 4.92. The van der Waals surface area contributed by atoms with Crippen molar-refractivity contribution in [1.82, 2.24) is 10.8 Å². The fraction of sp³-hybridized carbons (Fsp3) is 0.422. The lowest BCUT2D eigenvalue weighted by atomic mass is 9.81. The SMILES string of the molecule is COc1ccc(S(=O)(=O)[C@](Cc2ccccc2)(NC(=O)O[C@H]2CO[C@H]3OCC[C@H]32)[C@@H](CCC(C)(C)CCC#N)NOP(OCc2ccccc2)OCc2ccccc2)cc1. The zero-order valence-electron chi connectivity index (χ0n) is 34.2. The molecule has 60 heavy (non-hydrogen) atoms. The van der Waals surface area contributed by atoms with Crippen LogP contribution in [0.2, 0.25) is 0 Å². The van der Waals surface area contributed by atoms with Crippen LogP contribution in [0.15, 0.2) is 120 Å². The summed E-state index contributed by atoms with van der Waals surface area (Å²) in [6.07, 6.45) is -0.191. The molecule has 0 aromatic heterocycles. The maximum atomic E-state index is 15.7. The van der Waals surface area contributed by atoms with Crippen molar-refractivity contribution < 1.29 is 45.8 Å². The first kappa shape index (κ1) is 45.1. The molecular weight excluding hydrogens is 806 g/mol. The highest BCUT2D eigenvalue weighted by atomic mass is 32.2. The van der Waals surface area contributed by atoms with Crippen LogP contribution < -0.4 is 15.5 Å². The summed E-state index contributed by atoms with van der Waals surface area (Å²) in [5, 5.41) is 12.4. The number of fused-ring (bicyclic) bond motifs is 1. The summed E-state index contributed by atoms with van der Waals surface area (Å²) in [7, 11) is -5.24. The van der Waals surface area contributed by atoms with Crippen LogP contribution in [0.3, 0.4) is 0 Å². The van der Waals surface area contributed by atoms with Crippen LogP contribution in [-0.2, 0) is 57.4 Å². The van der Waals surface area contributed by atoms with E-state index in [4.69, 9.17) is 32.6 Å². The Bertz CT molecular complexity index is 2050. The number of rotatable bonds is 22. The zero-order valence-corrected chi connectivity index (χ0v) is 35.9. The van der Waals surface area contributed by atoms with Gasteiger partial charge >= 0.3 is 14.7 Å². The monoisotopic (exact) mass is 859 g/mol. The summed E-state index contributed by atoms with van der Waals surface area (Å²) in [5.41, 5.74) is 5.09. The first-order chi connectivity index (χ1) is 29.0. The Hall–Kier alpha value is -4.42. The molecule has 2 heterocycles. The van der Waals surface area contributed by atoms with Gasteiger partial charge in [-0.1, -0.05) is 105 Å². The number of ether oxygens (including phenoxy) is 4. The van der Waals surface area contributed by atoms with Crippen molar-refractivity contribution in [3.8, 4) is 11.8 Å². The molecule has 0 aliphatic carbocycles. The molecule has 13 nitrogen and oxygen atoms in total. The van der Waals surface area contributed by atoms with E-state index in [1.807, 2.05) is 105 Å². The molecule has 5 atom stereocenters. The number of hydrogen-bond donors (Lipinski definition) is 2. The van der Waals surface area contributed by atoms with Gasteiger partial charge in [0.15, 0.2) is 11.2 Å². The number of amides is 1. The molecule has 15 heteroatoms. The molecule has 0 radical (unpaired) electrons. The van der Waals surface area contributed by atoms with E-state index < -0.39 is 53.3 Å². The van der Waals surface area contributed by atoms with Gasteiger partial charge in [0.1, 0.15) is 11.9 Å². The van der Waals surface area contributed by atoms with Crippen molar-refractivity contribution in [2.75, 3.05) is 20.3 Å². The van der Waals surface area contributed by atoms with E-state index in [0.29, 0.717) is 43.6 Å². The van der Waals surface area contributed by atoms with Crippen molar-refractivity contribution >= 4 is 24.5 Å². The molecule has 0 saturated carbocycles. The van der Waals surface area contributed by atoms with Crippen LogP contribution in [0.25, 0.3) is 0 Å². The Kier molecular flexibility index (Phi) is 16.1. The maximum Gasteiger partial charge on any atom is 0.408 e. The normalized spacial score (nSPS) is 19.2. The third kappa shape index (κ3) is 11.9. The number of nitrogens with zero attached hydrogens (tertiary/aromatic N) is 1. The van der Waals surface area contributed by atoms with E-state index in [2.05, 4.69) is 16.9 Å². The van der Waals surface area contributed by atoms with Crippen molar-refractivity contribution in [3.05, 3.63) is 132 Å². The second-order valence-electron chi connectivity index (χ2n) is 15.7. The molecule has 0 bridgehead atoms. The van der Waals surface area contributed by atoms with Crippen LogP contribution in [0, 0.1) is 22.7 Å². The van der Waals surface area contributed by atoms with Gasteiger partial charge in [0, 0.05) is 12.8 Å². The second kappa shape index (κ2) is 21.4. The number of hydroxylamine groups is 1. The van der Waals surface area contributed by atoms with Gasteiger partial charge in [-0.15, -0.1) is 0 Å². The summed E-state index contributed by atoms with van der Waals surface area (Å²) in [5.74, 6) is 0.265. The largest absolute Gasteiger partial charge is 0.497 e. The van der Waals surface area contributed by atoms with Gasteiger partial charge in [0.2, 0.25) is 9.84 Å². The van der Waals surface area contributed by atoms with Crippen LogP contribution in [-0.4, -0.2) is 58.1 Å². The number of alkyl carbamates (subject to hydrolysis) is 1. The molecule has 6 rings (SSSR count). The molecule has 2 aliphatic rings. The molecule has 2 saturated heterocycles. The highest BCUT2D eigenvalue weighted by Crippen LogP contribution is 2.43. The number of carbonyl (C=O) groups excluding carboxylic acids is 1. The van der Waals surface area contributed by atoms with Gasteiger partial charge in [0.25, 0.3) is 0 Å². The van der Waals surface area contributed by atoms with E-state index in [9.17, 15) is 10.1 Å². The minimum absolute atomic E-state index is 0.0635. The molecule has 2 aliphatic heterocycles. The Morgan fingerprint density at radius 3 is 2.05 bits per heavy atom. The van der Waals surface area contributed by atoms with E-state index >= 15 is 8.42 Å². The third-order valence-electron chi connectivity index (χ3n) is 10.9. The van der Waals surface area contributed by atoms with Crippen LogP contribution in [0.1, 0.15) is 62.6 Å². The van der Waals surface area contributed by atoms with Crippen molar-refractivity contribution in [1.29, 1.82) is 5.26 Å². The maximum absolute atomic E-state index is 15.7.